The maximum absolute atomic E-state index is 14.2. The van der Waals surface area contributed by atoms with Crippen molar-refractivity contribution in [2.24, 2.45) is 5.14 Å². The van der Waals surface area contributed by atoms with Gasteiger partial charge in [-0.1, -0.05) is 0 Å². The fraction of sp³-hybridized carbons (Fsp3) is 0. The zero-order valence-electron chi connectivity index (χ0n) is 16.4. The van der Waals surface area contributed by atoms with Crippen LogP contribution in [0.2, 0.25) is 0 Å². The van der Waals surface area contributed by atoms with Crippen LogP contribution in [0.5, 0.6) is 11.5 Å². The number of hydrogen-bond acceptors (Lipinski definition) is 8. The average Bonchev–Trinajstić information content (AvgIpc) is 2.78. The first-order valence-corrected chi connectivity index (χ1v) is 10.8. The Morgan fingerprint density at radius 2 is 1.56 bits per heavy atom. The number of pyridine rings is 1. The molecule has 0 unspecified atom stereocenters. The molecule has 0 saturated heterocycles. The van der Waals surface area contributed by atoms with Crippen LogP contribution in [0.4, 0.5) is 27.5 Å². The highest BCUT2D eigenvalue weighted by Gasteiger charge is 2.10. The van der Waals surface area contributed by atoms with Crippen molar-refractivity contribution in [2.75, 3.05) is 10.6 Å². The number of anilines is 4. The van der Waals surface area contributed by atoms with E-state index in [4.69, 9.17) is 9.88 Å². The van der Waals surface area contributed by atoms with E-state index in [2.05, 4.69) is 25.6 Å². The van der Waals surface area contributed by atoms with Gasteiger partial charge in [0.25, 0.3) is 0 Å². The summed E-state index contributed by atoms with van der Waals surface area (Å²) >= 11 is 0. The summed E-state index contributed by atoms with van der Waals surface area (Å²) in [4.78, 5) is 12.0. The third-order valence-corrected chi connectivity index (χ3v) is 5.10. The molecule has 162 valence electrons. The molecule has 0 atom stereocenters. The quantitative estimate of drug-likeness (QED) is 0.384. The van der Waals surface area contributed by atoms with Crippen molar-refractivity contribution in [2.45, 2.75) is 4.90 Å². The molecule has 0 aliphatic carbocycles. The minimum absolute atomic E-state index is 0.0265. The summed E-state index contributed by atoms with van der Waals surface area (Å²) in [5.74, 6) is 0.633. The lowest BCUT2D eigenvalue weighted by atomic mass is 10.3. The van der Waals surface area contributed by atoms with Crippen LogP contribution >= 0.6 is 0 Å². The standard InChI is InChI=1S/C21H17FN6O3S/c22-19-13-25-21(27-15-5-9-18(10-6-15)32(23,29)30)28-20(19)26-14-3-7-16(8-4-14)31-17-2-1-11-24-12-17/h1-13H,(H2,23,29,30)(H2,25,26,27,28). The Bertz CT molecular complexity index is 1320. The second kappa shape index (κ2) is 8.96. The molecule has 0 spiro atoms. The third kappa shape index (κ3) is 5.33. The molecule has 0 amide bonds. The van der Waals surface area contributed by atoms with E-state index in [0.29, 0.717) is 22.9 Å². The van der Waals surface area contributed by atoms with Gasteiger partial charge in [-0.25, -0.2) is 22.9 Å². The first-order valence-electron chi connectivity index (χ1n) is 9.24. The van der Waals surface area contributed by atoms with Crippen LogP contribution in [0.15, 0.2) is 84.1 Å². The zero-order chi connectivity index (χ0) is 22.6. The van der Waals surface area contributed by atoms with Gasteiger partial charge >= 0.3 is 0 Å². The summed E-state index contributed by atoms with van der Waals surface area (Å²) in [6.07, 6.45) is 4.27. The molecule has 0 saturated carbocycles. The van der Waals surface area contributed by atoms with Gasteiger partial charge in [0.15, 0.2) is 11.6 Å². The SMILES string of the molecule is NS(=O)(=O)c1ccc(Nc2ncc(F)c(Nc3ccc(Oc4cccnc4)cc3)n2)cc1. The molecule has 4 rings (SSSR count). The van der Waals surface area contributed by atoms with Crippen LogP contribution in [-0.2, 0) is 10.0 Å². The van der Waals surface area contributed by atoms with E-state index in [1.54, 1.807) is 48.8 Å². The number of benzene rings is 2. The molecule has 0 aliphatic heterocycles. The van der Waals surface area contributed by atoms with Crippen LogP contribution in [0.3, 0.4) is 0 Å². The molecule has 2 aromatic heterocycles. The number of nitrogens with zero attached hydrogens (tertiary/aromatic N) is 3. The van der Waals surface area contributed by atoms with E-state index in [0.717, 1.165) is 6.20 Å². The van der Waals surface area contributed by atoms with Crippen LogP contribution in [0, 0.1) is 5.82 Å². The Labute approximate surface area is 183 Å². The Morgan fingerprint density at radius 3 is 2.22 bits per heavy atom. The van der Waals surface area contributed by atoms with E-state index in [1.165, 1.54) is 24.3 Å². The minimum atomic E-state index is -3.79. The summed E-state index contributed by atoms with van der Waals surface area (Å²) in [6, 6.07) is 16.1. The number of nitrogens with two attached hydrogens (primary N) is 1. The highest BCUT2D eigenvalue weighted by atomic mass is 32.2. The van der Waals surface area contributed by atoms with Crippen molar-refractivity contribution in [1.82, 2.24) is 15.0 Å². The smallest absolute Gasteiger partial charge is 0.238 e. The number of aromatic nitrogens is 3. The maximum atomic E-state index is 14.2. The van der Waals surface area contributed by atoms with E-state index in [1.807, 2.05) is 0 Å². The summed E-state index contributed by atoms with van der Waals surface area (Å²) in [6.45, 7) is 0. The molecule has 0 aliphatic rings. The van der Waals surface area contributed by atoms with Gasteiger partial charge in [0.05, 0.1) is 17.3 Å². The highest BCUT2D eigenvalue weighted by molar-refractivity contribution is 7.89. The van der Waals surface area contributed by atoms with Gasteiger partial charge < -0.3 is 15.4 Å². The lowest BCUT2D eigenvalue weighted by Gasteiger charge is -2.11. The molecule has 9 nitrogen and oxygen atoms in total. The average molecular weight is 452 g/mol. The number of rotatable bonds is 7. The van der Waals surface area contributed by atoms with Crippen LogP contribution in [-0.4, -0.2) is 23.4 Å². The molecule has 4 N–H and O–H groups in total. The first-order chi connectivity index (χ1) is 15.4. The molecule has 2 aromatic carbocycles. The predicted octanol–water partition coefficient (Wildman–Crippen LogP) is 3.94. The van der Waals surface area contributed by atoms with Gasteiger partial charge in [0.1, 0.15) is 11.5 Å². The summed E-state index contributed by atoms with van der Waals surface area (Å²) in [5.41, 5.74) is 1.09. The lowest BCUT2D eigenvalue weighted by molar-refractivity contribution is 0.480. The predicted molar refractivity (Wildman–Crippen MR) is 117 cm³/mol. The second-order valence-corrected chi connectivity index (χ2v) is 8.09. The van der Waals surface area contributed by atoms with Crippen molar-refractivity contribution >= 4 is 33.2 Å². The number of hydrogen-bond donors (Lipinski definition) is 3. The molecule has 2 heterocycles. The second-order valence-electron chi connectivity index (χ2n) is 6.52. The summed E-state index contributed by atoms with van der Waals surface area (Å²) in [5, 5.41) is 10.9. The fourth-order valence-corrected chi connectivity index (χ4v) is 3.17. The number of primary sulfonamides is 1. The Balaban J connectivity index is 1.46. The van der Waals surface area contributed by atoms with Gasteiger partial charge in [-0.3, -0.25) is 4.98 Å². The maximum Gasteiger partial charge on any atom is 0.238 e. The highest BCUT2D eigenvalue weighted by Crippen LogP contribution is 2.25. The van der Waals surface area contributed by atoms with Crippen LogP contribution in [0.1, 0.15) is 0 Å². The minimum Gasteiger partial charge on any atom is -0.456 e. The molecule has 32 heavy (non-hydrogen) atoms. The summed E-state index contributed by atoms with van der Waals surface area (Å²) in [7, 11) is -3.79. The fourth-order valence-electron chi connectivity index (χ4n) is 2.66. The molecule has 4 aromatic rings. The van der Waals surface area contributed by atoms with Crippen molar-refractivity contribution < 1.29 is 17.5 Å². The van der Waals surface area contributed by atoms with Crippen LogP contribution in [0.25, 0.3) is 0 Å². The van der Waals surface area contributed by atoms with Crippen molar-refractivity contribution in [1.29, 1.82) is 0 Å². The van der Waals surface area contributed by atoms with Crippen molar-refractivity contribution in [3.8, 4) is 11.5 Å². The molecule has 0 radical (unpaired) electrons. The summed E-state index contributed by atoms with van der Waals surface area (Å²) < 4.78 is 42.6. The van der Waals surface area contributed by atoms with Gasteiger partial charge in [0.2, 0.25) is 16.0 Å². The van der Waals surface area contributed by atoms with Gasteiger partial charge in [-0.15, -0.1) is 0 Å². The Kier molecular flexibility index (Phi) is 5.92. The van der Waals surface area contributed by atoms with E-state index in [-0.39, 0.29) is 16.7 Å². The van der Waals surface area contributed by atoms with Crippen LogP contribution < -0.4 is 20.5 Å². The van der Waals surface area contributed by atoms with Crippen molar-refractivity contribution in [3.05, 3.63) is 85.1 Å². The molecule has 0 fully saturated rings. The Hall–Kier alpha value is -4.09. The van der Waals surface area contributed by atoms with E-state index >= 15 is 0 Å². The van der Waals surface area contributed by atoms with Gasteiger partial charge in [-0.2, -0.15) is 4.98 Å². The number of nitrogens with one attached hydrogen (secondary N) is 2. The topological polar surface area (TPSA) is 132 Å². The molecule has 0 bridgehead atoms. The van der Waals surface area contributed by atoms with Gasteiger partial charge in [-0.05, 0) is 60.7 Å². The largest absolute Gasteiger partial charge is 0.456 e. The number of halogens is 1. The normalized spacial score (nSPS) is 11.1. The first kappa shape index (κ1) is 21.2. The molecule has 11 heteroatoms. The zero-order valence-corrected chi connectivity index (χ0v) is 17.3. The van der Waals surface area contributed by atoms with E-state index in [9.17, 15) is 12.8 Å². The molecular formula is C21H17FN6O3S. The Morgan fingerprint density at radius 1 is 0.875 bits per heavy atom. The lowest BCUT2D eigenvalue weighted by Crippen LogP contribution is -2.11. The number of ether oxygens (including phenoxy) is 1. The number of sulfonamides is 1. The monoisotopic (exact) mass is 452 g/mol. The van der Waals surface area contributed by atoms with Crippen molar-refractivity contribution in [3.63, 3.8) is 0 Å². The van der Waals surface area contributed by atoms with Gasteiger partial charge in [0, 0.05) is 17.6 Å². The van der Waals surface area contributed by atoms with E-state index < -0.39 is 15.8 Å². The third-order valence-electron chi connectivity index (χ3n) is 4.17. The molecular weight excluding hydrogens is 435 g/mol.